The van der Waals surface area contributed by atoms with Gasteiger partial charge in [-0.15, -0.1) is 0 Å². The van der Waals surface area contributed by atoms with Crippen LogP contribution in [0.2, 0.25) is 5.02 Å². The Labute approximate surface area is 148 Å². The van der Waals surface area contributed by atoms with Gasteiger partial charge in [0.25, 0.3) is 5.91 Å². The van der Waals surface area contributed by atoms with Crippen molar-refractivity contribution in [3.05, 3.63) is 70.4 Å². The van der Waals surface area contributed by atoms with Crippen LogP contribution in [0.25, 0.3) is 6.08 Å². The van der Waals surface area contributed by atoms with E-state index in [9.17, 15) is 9.59 Å². The molecule has 1 aliphatic heterocycles. The summed E-state index contributed by atoms with van der Waals surface area (Å²) in [6.07, 6.45) is 1.59. The number of halogens is 1. The van der Waals surface area contributed by atoms with E-state index in [-0.39, 0.29) is 18.2 Å². The largest absolute Gasteiger partial charge is 0.484 e. The van der Waals surface area contributed by atoms with Crippen molar-refractivity contribution in [1.82, 2.24) is 0 Å². The number of carbonyl (C=O) groups excluding carboxylic acids is 2. The number of benzene rings is 2. The number of hydrogen-bond donors (Lipinski definition) is 1. The molecule has 7 heteroatoms. The zero-order valence-corrected chi connectivity index (χ0v) is 13.7. The van der Waals surface area contributed by atoms with Gasteiger partial charge in [0.1, 0.15) is 5.75 Å². The number of hydrogen-bond acceptors (Lipinski definition) is 5. The van der Waals surface area contributed by atoms with Gasteiger partial charge in [-0.2, -0.15) is 0 Å². The molecule has 0 unspecified atom stereocenters. The Balaban J connectivity index is 1.80. The van der Waals surface area contributed by atoms with E-state index >= 15 is 0 Å². The summed E-state index contributed by atoms with van der Waals surface area (Å²) >= 11 is 6.09. The van der Waals surface area contributed by atoms with Crippen LogP contribution in [0, 0.1) is 0 Å². The Morgan fingerprint density at radius 2 is 1.92 bits per heavy atom. The van der Waals surface area contributed by atoms with Crippen molar-refractivity contribution in [2.24, 2.45) is 10.7 Å². The second-order valence-electron chi connectivity index (χ2n) is 5.14. The molecular weight excluding hydrogens is 344 g/mol. The van der Waals surface area contributed by atoms with E-state index in [2.05, 4.69) is 4.99 Å². The lowest BCUT2D eigenvalue weighted by molar-refractivity contribution is -0.130. The predicted molar refractivity (Wildman–Crippen MR) is 93.2 cm³/mol. The minimum absolute atomic E-state index is 0.167. The van der Waals surface area contributed by atoms with Gasteiger partial charge in [0.2, 0.25) is 5.90 Å². The Bertz CT molecular complexity index is 888. The van der Waals surface area contributed by atoms with Crippen LogP contribution >= 0.6 is 11.6 Å². The molecule has 2 aromatic carbocycles. The zero-order chi connectivity index (χ0) is 17.8. The van der Waals surface area contributed by atoms with Gasteiger partial charge in [-0.3, -0.25) is 4.79 Å². The molecule has 3 rings (SSSR count). The highest BCUT2D eigenvalue weighted by Gasteiger charge is 2.25. The second-order valence-corrected chi connectivity index (χ2v) is 5.55. The molecule has 0 saturated heterocycles. The molecule has 0 aliphatic carbocycles. The van der Waals surface area contributed by atoms with Crippen LogP contribution in [0.3, 0.4) is 0 Å². The Kier molecular flexibility index (Phi) is 4.81. The van der Waals surface area contributed by atoms with E-state index < -0.39 is 11.9 Å². The van der Waals surface area contributed by atoms with Crippen LogP contribution in [0.5, 0.6) is 5.75 Å². The first-order valence-electron chi connectivity index (χ1n) is 7.31. The molecule has 1 amide bonds. The zero-order valence-electron chi connectivity index (χ0n) is 12.9. The van der Waals surface area contributed by atoms with Gasteiger partial charge in [-0.05, 0) is 35.9 Å². The summed E-state index contributed by atoms with van der Waals surface area (Å²) in [6.45, 7) is -0.196. The average molecular weight is 357 g/mol. The van der Waals surface area contributed by atoms with Crippen molar-refractivity contribution in [2.75, 3.05) is 6.61 Å². The van der Waals surface area contributed by atoms with Crippen molar-refractivity contribution in [1.29, 1.82) is 0 Å². The molecule has 0 fully saturated rings. The maximum Gasteiger partial charge on any atom is 0.363 e. The lowest BCUT2D eigenvalue weighted by atomic mass is 10.2. The third-order valence-corrected chi connectivity index (χ3v) is 3.62. The lowest BCUT2D eigenvalue weighted by Gasteiger charge is -2.03. The minimum Gasteiger partial charge on any atom is -0.484 e. The SMILES string of the molecule is NC(=O)COc1ccc(/C=C2/N=C(c3ccccc3Cl)OC2=O)cc1. The summed E-state index contributed by atoms with van der Waals surface area (Å²) in [7, 11) is 0. The molecule has 0 aromatic heterocycles. The van der Waals surface area contributed by atoms with Gasteiger partial charge in [-0.25, -0.2) is 9.79 Å². The normalized spacial score (nSPS) is 15.0. The van der Waals surface area contributed by atoms with Gasteiger partial charge in [0.15, 0.2) is 12.3 Å². The first-order valence-corrected chi connectivity index (χ1v) is 7.69. The van der Waals surface area contributed by atoms with Gasteiger partial charge < -0.3 is 15.2 Å². The molecule has 0 radical (unpaired) electrons. The smallest absolute Gasteiger partial charge is 0.363 e. The van der Waals surface area contributed by atoms with Crippen LogP contribution in [0.15, 0.2) is 59.2 Å². The summed E-state index contributed by atoms with van der Waals surface area (Å²) in [5.74, 6) is -0.441. The van der Waals surface area contributed by atoms with Gasteiger partial charge in [-0.1, -0.05) is 35.9 Å². The molecule has 2 aromatic rings. The van der Waals surface area contributed by atoms with Gasteiger partial charge in [0.05, 0.1) is 10.6 Å². The quantitative estimate of drug-likeness (QED) is 0.658. The highest BCUT2D eigenvalue weighted by Crippen LogP contribution is 2.24. The van der Waals surface area contributed by atoms with E-state index in [4.69, 9.17) is 26.8 Å². The third-order valence-electron chi connectivity index (χ3n) is 3.29. The number of esters is 1. The fourth-order valence-corrected chi connectivity index (χ4v) is 2.35. The maximum absolute atomic E-state index is 12.0. The van der Waals surface area contributed by atoms with Crippen molar-refractivity contribution in [3.8, 4) is 5.75 Å². The number of aliphatic imine (C=N–C) groups is 1. The second kappa shape index (κ2) is 7.19. The summed E-state index contributed by atoms with van der Waals surface area (Å²) in [5.41, 5.74) is 6.46. The molecule has 0 saturated carbocycles. The van der Waals surface area contributed by atoms with Crippen molar-refractivity contribution < 1.29 is 19.1 Å². The van der Waals surface area contributed by atoms with E-state index in [0.717, 1.165) is 5.56 Å². The summed E-state index contributed by atoms with van der Waals surface area (Å²) < 4.78 is 10.4. The first kappa shape index (κ1) is 16.7. The monoisotopic (exact) mass is 356 g/mol. The lowest BCUT2D eigenvalue weighted by Crippen LogP contribution is -2.19. The van der Waals surface area contributed by atoms with Gasteiger partial charge in [0, 0.05) is 0 Å². The molecule has 126 valence electrons. The highest BCUT2D eigenvalue weighted by atomic mass is 35.5. The Morgan fingerprint density at radius 1 is 1.20 bits per heavy atom. The van der Waals surface area contributed by atoms with E-state index in [1.807, 2.05) is 0 Å². The number of ether oxygens (including phenoxy) is 2. The molecule has 25 heavy (non-hydrogen) atoms. The van der Waals surface area contributed by atoms with Crippen molar-refractivity contribution >= 4 is 35.5 Å². The molecular formula is C18H13ClN2O4. The van der Waals surface area contributed by atoms with Crippen molar-refractivity contribution in [2.45, 2.75) is 0 Å². The standard InChI is InChI=1S/C18H13ClN2O4/c19-14-4-2-1-3-13(14)17-21-15(18(23)25-17)9-11-5-7-12(8-6-11)24-10-16(20)22/h1-9H,10H2,(H2,20,22)/b15-9+. The minimum atomic E-state index is -0.554. The van der Waals surface area contributed by atoms with E-state index in [1.165, 1.54) is 0 Å². The van der Waals surface area contributed by atoms with E-state index in [1.54, 1.807) is 54.6 Å². The van der Waals surface area contributed by atoms with Crippen LogP contribution in [-0.4, -0.2) is 24.4 Å². The summed E-state index contributed by atoms with van der Waals surface area (Å²) in [6, 6.07) is 13.7. The van der Waals surface area contributed by atoms with Crippen LogP contribution in [-0.2, 0) is 14.3 Å². The molecule has 1 aliphatic rings. The number of amides is 1. The molecule has 1 heterocycles. The highest BCUT2D eigenvalue weighted by molar-refractivity contribution is 6.34. The molecule has 0 atom stereocenters. The number of cyclic esters (lactones) is 1. The summed E-state index contributed by atoms with van der Waals surface area (Å²) in [4.78, 5) is 26.9. The number of nitrogens with two attached hydrogens (primary N) is 1. The average Bonchev–Trinajstić information content (AvgIpc) is 2.95. The van der Waals surface area contributed by atoms with Crippen LogP contribution in [0.1, 0.15) is 11.1 Å². The third kappa shape index (κ3) is 4.05. The number of primary amides is 1. The fourth-order valence-electron chi connectivity index (χ4n) is 2.13. The van der Waals surface area contributed by atoms with E-state index in [0.29, 0.717) is 16.3 Å². The van der Waals surface area contributed by atoms with Gasteiger partial charge >= 0.3 is 5.97 Å². The van der Waals surface area contributed by atoms with Crippen molar-refractivity contribution in [3.63, 3.8) is 0 Å². The Hall–Kier alpha value is -3.12. The predicted octanol–water partition coefficient (Wildman–Crippen LogP) is 2.55. The molecule has 0 bridgehead atoms. The summed E-state index contributed by atoms with van der Waals surface area (Å²) in [5, 5.41) is 0.450. The Morgan fingerprint density at radius 3 is 2.60 bits per heavy atom. The molecule has 2 N–H and O–H groups in total. The molecule has 6 nitrogen and oxygen atoms in total. The molecule has 0 spiro atoms. The first-order chi connectivity index (χ1) is 12.0. The van der Waals surface area contributed by atoms with Crippen LogP contribution < -0.4 is 10.5 Å². The number of nitrogens with zero attached hydrogens (tertiary/aromatic N) is 1. The number of rotatable bonds is 5. The maximum atomic E-state index is 12.0. The van der Waals surface area contributed by atoms with Crippen LogP contribution in [0.4, 0.5) is 0 Å². The fraction of sp³-hybridized carbons (Fsp3) is 0.0556. The topological polar surface area (TPSA) is 91.0 Å². The number of carbonyl (C=O) groups is 2.